The van der Waals surface area contributed by atoms with Gasteiger partial charge in [-0.1, -0.05) is 41.9 Å². The van der Waals surface area contributed by atoms with Gasteiger partial charge in [-0.25, -0.2) is 0 Å². The molecule has 2 N–H and O–H groups in total. The number of halogens is 1. The summed E-state index contributed by atoms with van der Waals surface area (Å²) in [6, 6.07) is 16.2. The highest BCUT2D eigenvalue weighted by atomic mass is 35.5. The summed E-state index contributed by atoms with van der Waals surface area (Å²) >= 11 is 6.02. The Morgan fingerprint density at radius 1 is 1.16 bits per heavy atom. The molecule has 0 aliphatic carbocycles. The summed E-state index contributed by atoms with van der Waals surface area (Å²) in [6.07, 6.45) is 0. The summed E-state index contributed by atoms with van der Waals surface area (Å²) in [5, 5.41) is 0.770. The van der Waals surface area contributed by atoms with E-state index in [0.29, 0.717) is 0 Å². The lowest BCUT2D eigenvalue weighted by Gasteiger charge is -2.24. The standard InChI is InChI=1S/C16H19ClN2/c1-12(18)15-8-3-4-9-16(15)19(2)11-13-6-5-7-14(17)10-13/h3-10,12H,11,18H2,1-2H3/t12-/m1/s1. The molecule has 0 unspecified atom stereocenters. The van der Waals surface area contributed by atoms with E-state index in [1.165, 1.54) is 5.56 Å². The van der Waals surface area contributed by atoms with Crippen molar-refractivity contribution in [2.24, 2.45) is 5.73 Å². The van der Waals surface area contributed by atoms with Gasteiger partial charge in [0.1, 0.15) is 0 Å². The maximum atomic E-state index is 6.02. The fraction of sp³-hybridized carbons (Fsp3) is 0.250. The lowest BCUT2D eigenvalue weighted by Crippen LogP contribution is -2.20. The predicted molar refractivity (Wildman–Crippen MR) is 82.6 cm³/mol. The SMILES string of the molecule is C[C@@H](N)c1ccccc1N(C)Cc1cccc(Cl)c1. The lowest BCUT2D eigenvalue weighted by atomic mass is 10.1. The molecule has 0 radical (unpaired) electrons. The van der Waals surface area contributed by atoms with Crippen LogP contribution in [0.4, 0.5) is 5.69 Å². The van der Waals surface area contributed by atoms with Crippen molar-refractivity contribution in [3.05, 3.63) is 64.7 Å². The van der Waals surface area contributed by atoms with Gasteiger partial charge in [0.25, 0.3) is 0 Å². The molecule has 0 spiro atoms. The topological polar surface area (TPSA) is 29.3 Å². The van der Waals surface area contributed by atoms with E-state index in [1.54, 1.807) is 0 Å². The van der Waals surface area contributed by atoms with Crippen LogP contribution in [-0.2, 0) is 6.54 Å². The monoisotopic (exact) mass is 274 g/mol. The molecule has 3 heteroatoms. The first-order chi connectivity index (χ1) is 9.08. The molecule has 0 aliphatic rings. The first kappa shape index (κ1) is 13.9. The van der Waals surface area contributed by atoms with Crippen LogP contribution in [0, 0.1) is 0 Å². The lowest BCUT2D eigenvalue weighted by molar-refractivity contribution is 0.801. The molecule has 0 heterocycles. The molecule has 100 valence electrons. The quantitative estimate of drug-likeness (QED) is 0.913. The van der Waals surface area contributed by atoms with Crippen LogP contribution in [0.25, 0.3) is 0 Å². The van der Waals surface area contributed by atoms with Crippen molar-refractivity contribution in [3.63, 3.8) is 0 Å². The van der Waals surface area contributed by atoms with E-state index in [0.717, 1.165) is 22.8 Å². The largest absolute Gasteiger partial charge is 0.370 e. The number of rotatable bonds is 4. The average molecular weight is 275 g/mol. The van der Waals surface area contributed by atoms with Crippen molar-refractivity contribution in [2.45, 2.75) is 19.5 Å². The van der Waals surface area contributed by atoms with Gasteiger partial charge in [-0.3, -0.25) is 0 Å². The van der Waals surface area contributed by atoms with E-state index >= 15 is 0 Å². The fourth-order valence-electron chi connectivity index (χ4n) is 2.21. The highest BCUT2D eigenvalue weighted by Crippen LogP contribution is 2.25. The highest BCUT2D eigenvalue weighted by molar-refractivity contribution is 6.30. The van der Waals surface area contributed by atoms with Crippen LogP contribution < -0.4 is 10.6 Å². The molecule has 2 aromatic rings. The maximum absolute atomic E-state index is 6.02. The number of hydrogen-bond donors (Lipinski definition) is 1. The summed E-state index contributed by atoms with van der Waals surface area (Å²) < 4.78 is 0. The van der Waals surface area contributed by atoms with Crippen molar-refractivity contribution in [3.8, 4) is 0 Å². The fourth-order valence-corrected chi connectivity index (χ4v) is 2.43. The molecule has 0 amide bonds. The van der Waals surface area contributed by atoms with Crippen LogP contribution >= 0.6 is 11.6 Å². The third-order valence-corrected chi connectivity index (χ3v) is 3.38. The normalized spacial score (nSPS) is 12.2. The van der Waals surface area contributed by atoms with Crippen LogP contribution in [-0.4, -0.2) is 7.05 Å². The number of hydrogen-bond acceptors (Lipinski definition) is 2. The minimum Gasteiger partial charge on any atom is -0.370 e. The Morgan fingerprint density at radius 2 is 1.89 bits per heavy atom. The molecule has 0 bridgehead atoms. The number of anilines is 1. The number of para-hydroxylation sites is 1. The molecule has 2 aromatic carbocycles. The van der Waals surface area contributed by atoms with E-state index in [4.69, 9.17) is 17.3 Å². The Kier molecular flexibility index (Phi) is 4.46. The second kappa shape index (κ2) is 6.09. The van der Waals surface area contributed by atoms with Gasteiger partial charge in [-0.2, -0.15) is 0 Å². The molecule has 0 saturated carbocycles. The van der Waals surface area contributed by atoms with E-state index in [1.807, 2.05) is 37.3 Å². The van der Waals surface area contributed by atoms with E-state index in [9.17, 15) is 0 Å². The molecular formula is C16H19ClN2. The Balaban J connectivity index is 2.23. The van der Waals surface area contributed by atoms with Crippen molar-refractivity contribution in [1.29, 1.82) is 0 Å². The first-order valence-electron chi connectivity index (χ1n) is 6.38. The third kappa shape index (κ3) is 3.49. The zero-order valence-corrected chi connectivity index (χ0v) is 12.1. The third-order valence-electron chi connectivity index (χ3n) is 3.15. The van der Waals surface area contributed by atoms with Crippen molar-refractivity contribution < 1.29 is 0 Å². The van der Waals surface area contributed by atoms with Gasteiger partial charge in [-0.15, -0.1) is 0 Å². The van der Waals surface area contributed by atoms with Gasteiger partial charge in [0.2, 0.25) is 0 Å². The Morgan fingerprint density at radius 3 is 2.58 bits per heavy atom. The Hall–Kier alpha value is -1.51. The predicted octanol–water partition coefficient (Wildman–Crippen LogP) is 4.00. The minimum atomic E-state index is 0.0259. The smallest absolute Gasteiger partial charge is 0.0426 e. The summed E-state index contributed by atoms with van der Waals surface area (Å²) in [7, 11) is 2.07. The number of nitrogens with two attached hydrogens (primary N) is 1. The molecule has 1 atom stereocenters. The molecule has 19 heavy (non-hydrogen) atoms. The van der Waals surface area contributed by atoms with Crippen LogP contribution in [0.15, 0.2) is 48.5 Å². The van der Waals surface area contributed by atoms with E-state index in [-0.39, 0.29) is 6.04 Å². The second-order valence-electron chi connectivity index (χ2n) is 4.83. The Labute approximate surface area is 119 Å². The second-order valence-corrected chi connectivity index (χ2v) is 5.27. The van der Waals surface area contributed by atoms with E-state index in [2.05, 4.69) is 30.1 Å². The van der Waals surface area contributed by atoms with Gasteiger partial charge < -0.3 is 10.6 Å². The van der Waals surface area contributed by atoms with Crippen molar-refractivity contribution in [2.75, 3.05) is 11.9 Å². The summed E-state index contributed by atoms with van der Waals surface area (Å²) in [5.41, 5.74) is 9.53. The molecule has 0 saturated heterocycles. The van der Waals surface area contributed by atoms with Crippen LogP contribution in [0.1, 0.15) is 24.1 Å². The highest BCUT2D eigenvalue weighted by Gasteiger charge is 2.10. The molecular weight excluding hydrogens is 256 g/mol. The van der Waals surface area contributed by atoms with Crippen LogP contribution in [0.3, 0.4) is 0 Å². The van der Waals surface area contributed by atoms with E-state index < -0.39 is 0 Å². The average Bonchev–Trinajstić information content (AvgIpc) is 2.38. The van der Waals surface area contributed by atoms with Crippen LogP contribution in [0.5, 0.6) is 0 Å². The zero-order chi connectivity index (χ0) is 13.8. The van der Waals surface area contributed by atoms with Crippen molar-refractivity contribution in [1.82, 2.24) is 0 Å². The number of nitrogens with zero attached hydrogens (tertiary/aromatic N) is 1. The van der Waals surface area contributed by atoms with Crippen LogP contribution in [0.2, 0.25) is 5.02 Å². The van der Waals surface area contributed by atoms with Crippen molar-refractivity contribution >= 4 is 17.3 Å². The number of benzene rings is 2. The summed E-state index contributed by atoms with van der Waals surface area (Å²) in [4.78, 5) is 2.20. The van der Waals surface area contributed by atoms with Gasteiger partial charge in [-0.05, 0) is 36.2 Å². The summed E-state index contributed by atoms with van der Waals surface area (Å²) in [5.74, 6) is 0. The molecule has 2 nitrogen and oxygen atoms in total. The summed E-state index contributed by atoms with van der Waals surface area (Å²) in [6.45, 7) is 2.82. The minimum absolute atomic E-state index is 0.0259. The molecule has 0 fully saturated rings. The van der Waals surface area contributed by atoms with Gasteiger partial charge >= 0.3 is 0 Å². The van der Waals surface area contributed by atoms with Gasteiger partial charge in [0, 0.05) is 30.3 Å². The zero-order valence-electron chi connectivity index (χ0n) is 11.3. The first-order valence-corrected chi connectivity index (χ1v) is 6.76. The molecule has 2 rings (SSSR count). The van der Waals surface area contributed by atoms with Gasteiger partial charge in [0.05, 0.1) is 0 Å². The maximum Gasteiger partial charge on any atom is 0.0426 e. The Bertz CT molecular complexity index is 552. The van der Waals surface area contributed by atoms with Gasteiger partial charge in [0.15, 0.2) is 0 Å². The molecule has 0 aliphatic heterocycles. The molecule has 0 aromatic heterocycles.